The Morgan fingerprint density at radius 1 is 0.424 bits per heavy atom. The number of nitrogens with zero attached hydrogens (tertiary/aromatic N) is 3. The number of fused-ring (bicyclic) bond motifs is 6. The normalized spacial score (nSPS) is 12.7. The van der Waals surface area contributed by atoms with Gasteiger partial charge in [0.05, 0.1) is 16.9 Å². The number of hydrogen-bond donors (Lipinski definition) is 0. The van der Waals surface area contributed by atoms with Gasteiger partial charge < -0.3 is 4.90 Å². The van der Waals surface area contributed by atoms with E-state index in [-0.39, 0.29) is 5.41 Å². The third kappa shape index (κ3) is 5.61. The summed E-state index contributed by atoms with van der Waals surface area (Å²) in [6.45, 7) is 4.72. The van der Waals surface area contributed by atoms with Crippen LogP contribution in [0.3, 0.4) is 0 Å². The molecule has 0 saturated heterocycles. The molecule has 1 aliphatic carbocycles. The predicted octanol–water partition coefficient (Wildman–Crippen LogP) is 14.9. The van der Waals surface area contributed by atoms with Crippen LogP contribution in [0.1, 0.15) is 25.0 Å². The van der Waals surface area contributed by atoms with Gasteiger partial charge in [0.15, 0.2) is 0 Å². The Morgan fingerprint density at radius 3 is 1.61 bits per heavy atom. The van der Waals surface area contributed by atoms with Crippen molar-refractivity contribution >= 4 is 33.4 Å². The van der Waals surface area contributed by atoms with E-state index in [9.17, 15) is 0 Å². The summed E-state index contributed by atoms with van der Waals surface area (Å²) in [4.78, 5) is 2.48. The average molecular weight is 756 g/mol. The summed E-state index contributed by atoms with van der Waals surface area (Å²) in [7, 11) is 0. The molecular formula is C56H41N3. The SMILES string of the molecule is CC1(C)c2ccccc2-c2ccc(N(c3ccc(-c4ccccc4)cc3)c3c(-c4ccccc4)n4nc(-c5ccccc5)c(-c5ccccc5)c4c4ccccc34)cc21. The third-order valence-electron chi connectivity index (χ3n) is 12.2. The highest BCUT2D eigenvalue weighted by Crippen LogP contribution is 2.53. The van der Waals surface area contributed by atoms with Crippen molar-refractivity contribution in [1.29, 1.82) is 0 Å². The number of anilines is 3. The zero-order valence-corrected chi connectivity index (χ0v) is 33.0. The van der Waals surface area contributed by atoms with E-state index in [1.807, 2.05) is 0 Å². The topological polar surface area (TPSA) is 20.5 Å². The Morgan fingerprint density at radius 2 is 0.932 bits per heavy atom. The lowest BCUT2D eigenvalue weighted by Gasteiger charge is -2.31. The summed E-state index contributed by atoms with van der Waals surface area (Å²) in [5.74, 6) is 0. The first kappa shape index (κ1) is 34.7. The highest BCUT2D eigenvalue weighted by Gasteiger charge is 2.36. The smallest absolute Gasteiger partial charge is 0.101 e. The van der Waals surface area contributed by atoms with E-state index in [1.54, 1.807) is 0 Å². The number of hydrogen-bond acceptors (Lipinski definition) is 2. The fraction of sp³-hybridized carbons (Fsp3) is 0.0536. The molecule has 3 nitrogen and oxygen atoms in total. The molecule has 11 rings (SSSR count). The monoisotopic (exact) mass is 755 g/mol. The molecule has 0 aliphatic heterocycles. The van der Waals surface area contributed by atoms with Crippen molar-refractivity contribution in [2.45, 2.75) is 19.3 Å². The van der Waals surface area contributed by atoms with Crippen molar-refractivity contribution in [3.8, 4) is 55.9 Å². The van der Waals surface area contributed by atoms with Crippen LogP contribution in [0.5, 0.6) is 0 Å². The van der Waals surface area contributed by atoms with Gasteiger partial charge in [-0.1, -0.05) is 202 Å². The maximum atomic E-state index is 5.67. The molecule has 0 unspecified atom stereocenters. The van der Waals surface area contributed by atoms with Crippen molar-refractivity contribution in [2.24, 2.45) is 0 Å². The summed E-state index contributed by atoms with van der Waals surface area (Å²) in [5.41, 5.74) is 18.2. The van der Waals surface area contributed by atoms with Crippen LogP contribution in [-0.4, -0.2) is 9.61 Å². The molecule has 0 atom stereocenters. The lowest BCUT2D eigenvalue weighted by Crippen LogP contribution is -2.17. The zero-order chi connectivity index (χ0) is 39.5. The Balaban J connectivity index is 1.27. The first-order valence-corrected chi connectivity index (χ1v) is 20.4. The van der Waals surface area contributed by atoms with E-state index >= 15 is 0 Å². The van der Waals surface area contributed by atoms with E-state index in [0.717, 1.165) is 67.0 Å². The Hall–Kier alpha value is -7.49. The minimum absolute atomic E-state index is 0.170. The van der Waals surface area contributed by atoms with Crippen molar-refractivity contribution in [3.05, 3.63) is 223 Å². The molecule has 0 saturated carbocycles. The standard InChI is InChI=1S/C56H41N3/c1-56(2)49-30-18-17-27-45(49)46-36-35-44(37-50(46)56)58(43-33-31-39(32-34-43)38-19-7-3-8-20-38)55-48-29-16-15-28-47(48)54-51(40-21-9-4-10-22-40)52(41-23-11-5-12-24-41)57-59(54)53(55)42-25-13-6-14-26-42/h3-37H,1-2H3. The fourth-order valence-electron chi connectivity index (χ4n) is 9.38. The number of benzene rings is 8. The Labute approximate surface area is 345 Å². The molecule has 0 fully saturated rings. The maximum absolute atomic E-state index is 5.67. The van der Waals surface area contributed by atoms with Crippen molar-refractivity contribution in [1.82, 2.24) is 9.61 Å². The molecule has 59 heavy (non-hydrogen) atoms. The van der Waals surface area contributed by atoms with E-state index in [4.69, 9.17) is 5.10 Å². The number of pyridine rings is 1. The van der Waals surface area contributed by atoms with Gasteiger partial charge >= 0.3 is 0 Å². The molecule has 0 amide bonds. The van der Waals surface area contributed by atoms with Gasteiger partial charge in [-0.3, -0.25) is 0 Å². The van der Waals surface area contributed by atoms with E-state index < -0.39 is 0 Å². The van der Waals surface area contributed by atoms with Crippen LogP contribution in [0, 0.1) is 0 Å². The molecule has 10 aromatic rings. The van der Waals surface area contributed by atoms with Crippen LogP contribution in [0.25, 0.3) is 72.2 Å². The van der Waals surface area contributed by atoms with Gasteiger partial charge in [-0.15, -0.1) is 0 Å². The summed E-state index contributed by atoms with van der Waals surface area (Å²) < 4.78 is 2.23. The molecule has 280 valence electrons. The number of rotatable bonds is 7. The molecular weight excluding hydrogens is 715 g/mol. The van der Waals surface area contributed by atoms with Crippen LogP contribution in [0.2, 0.25) is 0 Å². The Kier molecular flexibility index (Phi) is 8.16. The minimum atomic E-state index is -0.170. The molecule has 2 aromatic heterocycles. The maximum Gasteiger partial charge on any atom is 0.101 e. The quantitative estimate of drug-likeness (QED) is 0.161. The second kappa shape index (κ2) is 13.9. The lowest BCUT2D eigenvalue weighted by atomic mass is 9.82. The molecule has 0 bridgehead atoms. The van der Waals surface area contributed by atoms with Crippen LogP contribution in [-0.2, 0) is 5.41 Å². The van der Waals surface area contributed by atoms with Crippen molar-refractivity contribution < 1.29 is 0 Å². The van der Waals surface area contributed by atoms with E-state index in [1.165, 1.54) is 33.4 Å². The van der Waals surface area contributed by atoms with E-state index in [2.05, 4.69) is 236 Å². The zero-order valence-electron chi connectivity index (χ0n) is 33.0. The molecule has 0 N–H and O–H groups in total. The largest absolute Gasteiger partial charge is 0.308 e. The van der Waals surface area contributed by atoms with Gasteiger partial charge in [0.1, 0.15) is 5.69 Å². The van der Waals surface area contributed by atoms with E-state index in [0.29, 0.717) is 0 Å². The van der Waals surface area contributed by atoms with Gasteiger partial charge in [-0.05, 0) is 63.2 Å². The van der Waals surface area contributed by atoms with Crippen molar-refractivity contribution in [2.75, 3.05) is 4.90 Å². The van der Waals surface area contributed by atoms with Gasteiger partial charge in [-0.25, -0.2) is 4.52 Å². The lowest BCUT2D eigenvalue weighted by molar-refractivity contribution is 0.660. The summed E-state index contributed by atoms with van der Waals surface area (Å²) in [5, 5.41) is 7.95. The molecule has 2 heterocycles. The molecule has 0 radical (unpaired) electrons. The van der Waals surface area contributed by atoms with Gasteiger partial charge in [0.25, 0.3) is 0 Å². The van der Waals surface area contributed by atoms with Gasteiger partial charge in [0.2, 0.25) is 0 Å². The minimum Gasteiger partial charge on any atom is -0.308 e. The van der Waals surface area contributed by atoms with Crippen molar-refractivity contribution in [3.63, 3.8) is 0 Å². The predicted molar refractivity (Wildman–Crippen MR) is 247 cm³/mol. The summed E-state index contributed by atoms with van der Waals surface area (Å²) in [6.07, 6.45) is 0. The first-order valence-electron chi connectivity index (χ1n) is 20.4. The number of aromatic nitrogens is 2. The fourth-order valence-corrected chi connectivity index (χ4v) is 9.38. The van der Waals surface area contributed by atoms with Crippen LogP contribution >= 0.6 is 0 Å². The third-order valence-corrected chi connectivity index (χ3v) is 12.2. The molecule has 3 heteroatoms. The second-order valence-corrected chi connectivity index (χ2v) is 16.0. The van der Waals surface area contributed by atoms with Crippen LogP contribution in [0.15, 0.2) is 212 Å². The Bertz CT molecular complexity index is 3150. The molecule has 8 aromatic carbocycles. The molecule has 0 spiro atoms. The first-order chi connectivity index (χ1) is 29.1. The molecule has 1 aliphatic rings. The van der Waals surface area contributed by atoms with Gasteiger partial charge in [0, 0.05) is 44.3 Å². The van der Waals surface area contributed by atoms with Crippen LogP contribution < -0.4 is 4.90 Å². The highest BCUT2D eigenvalue weighted by atomic mass is 15.3. The van der Waals surface area contributed by atoms with Gasteiger partial charge in [-0.2, -0.15) is 5.10 Å². The van der Waals surface area contributed by atoms with Crippen LogP contribution in [0.4, 0.5) is 17.1 Å². The summed E-state index contributed by atoms with van der Waals surface area (Å²) in [6, 6.07) is 76.7. The highest BCUT2D eigenvalue weighted by molar-refractivity contribution is 6.15. The second-order valence-electron chi connectivity index (χ2n) is 16.0. The summed E-state index contributed by atoms with van der Waals surface area (Å²) >= 11 is 0. The average Bonchev–Trinajstić information content (AvgIpc) is 3.81.